The fourth-order valence-corrected chi connectivity index (χ4v) is 3.04. The minimum absolute atomic E-state index is 0.114. The molecule has 0 spiro atoms. The van der Waals surface area contributed by atoms with Crippen molar-refractivity contribution in [3.8, 4) is 5.75 Å². The molecule has 104 valence electrons. The molecule has 1 N–H and O–H groups in total. The third kappa shape index (κ3) is 2.91. The van der Waals surface area contributed by atoms with Crippen LogP contribution in [-0.4, -0.2) is 10.1 Å². The van der Waals surface area contributed by atoms with Gasteiger partial charge < -0.3 is 9.52 Å². The highest BCUT2D eigenvalue weighted by atomic mass is 16.3. The molecule has 0 bridgehead atoms. The van der Waals surface area contributed by atoms with Gasteiger partial charge in [0.25, 0.3) is 0 Å². The molecule has 1 aromatic carbocycles. The van der Waals surface area contributed by atoms with Crippen molar-refractivity contribution in [1.82, 2.24) is 4.98 Å². The first-order valence-electron chi connectivity index (χ1n) is 6.69. The molecule has 0 unspecified atom stereocenters. The van der Waals surface area contributed by atoms with E-state index >= 15 is 0 Å². The summed E-state index contributed by atoms with van der Waals surface area (Å²) < 4.78 is 5.57. The Morgan fingerprint density at radius 2 is 1.79 bits per heavy atom. The molecule has 3 heteroatoms. The number of phenolic OH excluding ortho intramolecular Hbond substituents is 1. The van der Waals surface area contributed by atoms with E-state index in [4.69, 9.17) is 4.42 Å². The molecule has 0 amide bonds. The van der Waals surface area contributed by atoms with Crippen molar-refractivity contribution in [3.05, 3.63) is 23.6 Å². The molecule has 0 saturated heterocycles. The van der Waals surface area contributed by atoms with Crippen molar-refractivity contribution < 1.29 is 9.52 Å². The average molecular weight is 261 g/mol. The summed E-state index contributed by atoms with van der Waals surface area (Å²) in [7, 11) is 0. The van der Waals surface area contributed by atoms with Gasteiger partial charge in [0.05, 0.1) is 0 Å². The Bertz CT molecular complexity index is 603. The molecule has 0 aliphatic heterocycles. The summed E-state index contributed by atoms with van der Waals surface area (Å²) in [5.41, 5.74) is 2.46. The second kappa shape index (κ2) is 4.26. The first-order valence-corrected chi connectivity index (χ1v) is 6.69. The summed E-state index contributed by atoms with van der Waals surface area (Å²) >= 11 is 0. The van der Waals surface area contributed by atoms with Crippen LogP contribution >= 0.6 is 0 Å². The van der Waals surface area contributed by atoms with Gasteiger partial charge in [0.2, 0.25) is 0 Å². The smallest absolute Gasteiger partial charge is 0.192 e. The lowest BCUT2D eigenvalue weighted by atomic mass is 9.72. The van der Waals surface area contributed by atoms with Crippen LogP contribution in [0.2, 0.25) is 0 Å². The van der Waals surface area contributed by atoms with Crippen molar-refractivity contribution in [2.75, 3.05) is 0 Å². The number of nitrogens with zero attached hydrogens (tertiary/aromatic N) is 1. The Kier molecular flexibility index (Phi) is 3.12. The van der Waals surface area contributed by atoms with E-state index in [1.165, 1.54) is 0 Å². The summed E-state index contributed by atoms with van der Waals surface area (Å²) in [4.78, 5) is 4.25. The normalized spacial score (nSPS) is 13.2. The van der Waals surface area contributed by atoms with Gasteiger partial charge >= 0.3 is 0 Å². The van der Waals surface area contributed by atoms with E-state index in [1.54, 1.807) is 6.07 Å². The van der Waals surface area contributed by atoms with Crippen LogP contribution in [0, 0.1) is 12.3 Å². The van der Waals surface area contributed by atoms with Crippen LogP contribution in [0.1, 0.15) is 52.5 Å². The molecule has 19 heavy (non-hydrogen) atoms. The molecular formula is C16H23NO2. The lowest BCUT2D eigenvalue weighted by molar-refractivity contribution is 0.278. The number of fused-ring (bicyclic) bond motifs is 1. The van der Waals surface area contributed by atoms with Crippen molar-refractivity contribution >= 4 is 11.1 Å². The molecule has 0 aliphatic carbocycles. The second-order valence-corrected chi connectivity index (χ2v) is 7.19. The first kappa shape index (κ1) is 13.9. The van der Waals surface area contributed by atoms with Crippen LogP contribution in [0.25, 0.3) is 11.1 Å². The molecule has 1 heterocycles. The van der Waals surface area contributed by atoms with Crippen LogP contribution < -0.4 is 0 Å². The zero-order valence-electron chi connectivity index (χ0n) is 12.7. The zero-order chi connectivity index (χ0) is 14.4. The SMILES string of the molecule is Cc1nc2cc(O)c(C(C)(C)CC(C)(C)C)cc2o1. The molecule has 0 saturated carbocycles. The first-order chi connectivity index (χ1) is 8.58. The van der Waals surface area contributed by atoms with Gasteiger partial charge in [0.1, 0.15) is 11.3 Å². The maximum absolute atomic E-state index is 10.3. The second-order valence-electron chi connectivity index (χ2n) is 7.19. The molecule has 2 rings (SSSR count). The minimum atomic E-state index is -0.114. The molecular weight excluding hydrogens is 238 g/mol. The molecule has 0 atom stereocenters. The highest BCUT2D eigenvalue weighted by Crippen LogP contribution is 2.41. The largest absolute Gasteiger partial charge is 0.508 e. The third-order valence-corrected chi connectivity index (χ3v) is 3.31. The van der Waals surface area contributed by atoms with E-state index in [1.807, 2.05) is 13.0 Å². The van der Waals surface area contributed by atoms with Crippen LogP contribution in [-0.2, 0) is 5.41 Å². The van der Waals surface area contributed by atoms with Crippen LogP contribution in [0.15, 0.2) is 16.5 Å². The van der Waals surface area contributed by atoms with Crippen LogP contribution in [0.3, 0.4) is 0 Å². The Labute approximate surface area is 114 Å². The average Bonchev–Trinajstić information content (AvgIpc) is 2.51. The minimum Gasteiger partial charge on any atom is -0.508 e. The number of aryl methyl sites for hydroxylation is 1. The number of hydrogen-bond acceptors (Lipinski definition) is 3. The number of oxazole rings is 1. The van der Waals surface area contributed by atoms with Gasteiger partial charge in [-0.05, 0) is 23.3 Å². The van der Waals surface area contributed by atoms with Crippen LogP contribution in [0.5, 0.6) is 5.75 Å². The monoisotopic (exact) mass is 261 g/mol. The lowest BCUT2D eigenvalue weighted by Gasteiger charge is -2.33. The number of benzene rings is 1. The summed E-state index contributed by atoms with van der Waals surface area (Å²) in [6, 6.07) is 3.63. The Hall–Kier alpha value is -1.51. The topological polar surface area (TPSA) is 46.3 Å². The van der Waals surface area contributed by atoms with Gasteiger partial charge in [0.15, 0.2) is 11.5 Å². The van der Waals surface area contributed by atoms with Crippen molar-refractivity contribution in [2.45, 2.75) is 53.4 Å². The van der Waals surface area contributed by atoms with E-state index in [0.717, 1.165) is 17.6 Å². The predicted octanol–water partition coefficient (Wildman–Crippen LogP) is 4.56. The van der Waals surface area contributed by atoms with Crippen molar-refractivity contribution in [2.24, 2.45) is 5.41 Å². The molecule has 0 aliphatic rings. The number of rotatable bonds is 2. The number of phenols is 1. The predicted molar refractivity (Wildman–Crippen MR) is 77.5 cm³/mol. The lowest BCUT2D eigenvalue weighted by Crippen LogP contribution is -2.24. The fraction of sp³-hybridized carbons (Fsp3) is 0.562. The Morgan fingerprint density at radius 1 is 1.16 bits per heavy atom. The summed E-state index contributed by atoms with van der Waals surface area (Å²) in [6.45, 7) is 12.8. The highest BCUT2D eigenvalue weighted by molar-refractivity contribution is 5.76. The van der Waals surface area contributed by atoms with E-state index in [9.17, 15) is 5.11 Å². The maximum atomic E-state index is 10.3. The molecule has 1 aromatic heterocycles. The Balaban J connectivity index is 2.51. The van der Waals surface area contributed by atoms with Crippen molar-refractivity contribution in [3.63, 3.8) is 0 Å². The fourth-order valence-electron chi connectivity index (χ4n) is 3.04. The van der Waals surface area contributed by atoms with Gasteiger partial charge in [-0.3, -0.25) is 0 Å². The number of hydrogen-bond donors (Lipinski definition) is 1. The van der Waals surface area contributed by atoms with E-state index in [0.29, 0.717) is 17.2 Å². The van der Waals surface area contributed by atoms with Gasteiger partial charge in [-0.25, -0.2) is 4.98 Å². The van der Waals surface area contributed by atoms with Gasteiger partial charge in [-0.15, -0.1) is 0 Å². The Morgan fingerprint density at radius 3 is 2.37 bits per heavy atom. The van der Waals surface area contributed by atoms with Gasteiger partial charge in [-0.1, -0.05) is 34.6 Å². The summed E-state index contributed by atoms with van der Waals surface area (Å²) in [5.74, 6) is 0.926. The molecule has 3 nitrogen and oxygen atoms in total. The zero-order valence-corrected chi connectivity index (χ0v) is 12.7. The van der Waals surface area contributed by atoms with E-state index < -0.39 is 0 Å². The molecule has 0 radical (unpaired) electrons. The standard InChI is InChI=1S/C16H23NO2/c1-10-17-12-8-13(18)11(7-14(12)19-10)16(5,6)9-15(2,3)4/h7-8,18H,9H2,1-6H3. The highest BCUT2D eigenvalue weighted by Gasteiger charge is 2.30. The van der Waals surface area contributed by atoms with Gasteiger partial charge in [0, 0.05) is 18.6 Å². The molecule has 2 aromatic rings. The summed E-state index contributed by atoms with van der Waals surface area (Å²) in [6.07, 6.45) is 0.978. The number of aromatic hydroxyl groups is 1. The van der Waals surface area contributed by atoms with E-state index in [2.05, 4.69) is 39.6 Å². The maximum Gasteiger partial charge on any atom is 0.192 e. The molecule has 0 fully saturated rings. The van der Waals surface area contributed by atoms with Crippen LogP contribution in [0.4, 0.5) is 0 Å². The third-order valence-electron chi connectivity index (χ3n) is 3.31. The summed E-state index contributed by atoms with van der Waals surface area (Å²) in [5, 5.41) is 10.3. The quantitative estimate of drug-likeness (QED) is 0.862. The number of aromatic nitrogens is 1. The van der Waals surface area contributed by atoms with Crippen molar-refractivity contribution in [1.29, 1.82) is 0 Å². The van der Waals surface area contributed by atoms with E-state index in [-0.39, 0.29) is 10.8 Å². The van der Waals surface area contributed by atoms with Gasteiger partial charge in [-0.2, -0.15) is 0 Å².